The number of aliphatic imine (C=N–C) groups is 1. The number of furan rings is 1. The van der Waals surface area contributed by atoms with Crippen molar-refractivity contribution in [3.8, 4) is 0 Å². The summed E-state index contributed by atoms with van der Waals surface area (Å²) in [6, 6.07) is 11.0. The normalized spacial score (nSPS) is 18.3. The summed E-state index contributed by atoms with van der Waals surface area (Å²) in [6.07, 6.45) is 4.43. The molecule has 2 fully saturated rings. The zero-order valence-corrected chi connectivity index (χ0v) is 20.1. The highest BCUT2D eigenvalue weighted by atomic mass is 127. The van der Waals surface area contributed by atoms with Crippen LogP contribution in [0.1, 0.15) is 24.2 Å². The zero-order valence-electron chi connectivity index (χ0n) is 17.8. The Bertz CT molecular complexity index is 821. The van der Waals surface area contributed by atoms with Crippen LogP contribution in [0.3, 0.4) is 0 Å². The van der Waals surface area contributed by atoms with Crippen molar-refractivity contribution in [3.63, 3.8) is 0 Å². The SMILES string of the molecule is Fc1ccccc1C1(CN=C(NCCc2ccco2)NCCN2CCOCC2)CC1.I. The Kier molecular flexibility index (Phi) is 9.15. The Morgan fingerprint density at radius 2 is 1.84 bits per heavy atom. The first-order valence-electron chi connectivity index (χ1n) is 10.8. The molecule has 8 heteroatoms. The molecule has 2 N–H and O–H groups in total. The van der Waals surface area contributed by atoms with Crippen LogP contribution in [0.2, 0.25) is 0 Å². The van der Waals surface area contributed by atoms with Crippen LogP contribution in [0.15, 0.2) is 52.1 Å². The fourth-order valence-electron chi connectivity index (χ4n) is 3.88. The zero-order chi connectivity index (χ0) is 20.7. The second-order valence-corrected chi connectivity index (χ2v) is 8.06. The number of halogens is 2. The van der Waals surface area contributed by atoms with Crippen molar-refractivity contribution in [2.24, 2.45) is 4.99 Å². The van der Waals surface area contributed by atoms with Crippen molar-refractivity contribution in [1.82, 2.24) is 15.5 Å². The van der Waals surface area contributed by atoms with Gasteiger partial charge >= 0.3 is 0 Å². The average Bonchev–Trinajstić information content (AvgIpc) is 3.37. The van der Waals surface area contributed by atoms with Gasteiger partial charge in [-0.1, -0.05) is 18.2 Å². The molecule has 6 nitrogen and oxygen atoms in total. The minimum Gasteiger partial charge on any atom is -0.469 e. The maximum atomic E-state index is 14.3. The van der Waals surface area contributed by atoms with Gasteiger partial charge in [-0.25, -0.2) is 4.39 Å². The van der Waals surface area contributed by atoms with E-state index in [1.165, 1.54) is 0 Å². The fourth-order valence-corrected chi connectivity index (χ4v) is 3.88. The maximum absolute atomic E-state index is 14.3. The van der Waals surface area contributed by atoms with Crippen molar-refractivity contribution in [2.75, 3.05) is 52.5 Å². The third-order valence-corrected chi connectivity index (χ3v) is 5.91. The van der Waals surface area contributed by atoms with E-state index in [1.54, 1.807) is 18.4 Å². The quantitative estimate of drug-likeness (QED) is 0.290. The minimum absolute atomic E-state index is 0. The average molecular weight is 542 g/mol. The third-order valence-electron chi connectivity index (χ3n) is 5.91. The van der Waals surface area contributed by atoms with Crippen LogP contribution in [0.25, 0.3) is 0 Å². The molecule has 2 aliphatic rings. The van der Waals surface area contributed by atoms with Gasteiger partial charge in [0.05, 0.1) is 26.0 Å². The van der Waals surface area contributed by atoms with Gasteiger partial charge in [0.15, 0.2) is 5.96 Å². The summed E-state index contributed by atoms with van der Waals surface area (Å²) >= 11 is 0. The van der Waals surface area contributed by atoms with E-state index in [4.69, 9.17) is 14.1 Å². The lowest BCUT2D eigenvalue weighted by molar-refractivity contribution is 0.0389. The molecule has 31 heavy (non-hydrogen) atoms. The van der Waals surface area contributed by atoms with Crippen LogP contribution in [0.5, 0.6) is 0 Å². The van der Waals surface area contributed by atoms with E-state index in [9.17, 15) is 4.39 Å². The molecule has 2 aromatic rings. The van der Waals surface area contributed by atoms with Gasteiger partial charge in [-0.2, -0.15) is 0 Å². The molecule has 1 aliphatic carbocycles. The lowest BCUT2D eigenvalue weighted by Gasteiger charge is -2.26. The number of ether oxygens (including phenoxy) is 1. The van der Waals surface area contributed by atoms with Gasteiger partial charge in [0.2, 0.25) is 0 Å². The molecule has 4 rings (SSSR count). The van der Waals surface area contributed by atoms with Crippen molar-refractivity contribution in [1.29, 1.82) is 0 Å². The first-order valence-corrected chi connectivity index (χ1v) is 10.8. The molecule has 1 saturated heterocycles. The highest BCUT2D eigenvalue weighted by Crippen LogP contribution is 2.49. The summed E-state index contributed by atoms with van der Waals surface area (Å²) < 4.78 is 25.1. The highest BCUT2D eigenvalue weighted by Gasteiger charge is 2.45. The van der Waals surface area contributed by atoms with Crippen LogP contribution in [-0.2, 0) is 16.6 Å². The number of guanidine groups is 1. The molecular formula is C23H32FIN4O2. The first-order chi connectivity index (χ1) is 14.8. The van der Waals surface area contributed by atoms with E-state index >= 15 is 0 Å². The molecule has 1 aromatic heterocycles. The molecule has 1 aliphatic heterocycles. The highest BCUT2D eigenvalue weighted by molar-refractivity contribution is 14.0. The molecule has 1 saturated carbocycles. The number of rotatable bonds is 9. The number of hydrogen-bond donors (Lipinski definition) is 2. The largest absolute Gasteiger partial charge is 0.469 e. The van der Waals surface area contributed by atoms with Gasteiger partial charge in [-0.3, -0.25) is 9.89 Å². The predicted molar refractivity (Wildman–Crippen MR) is 131 cm³/mol. The number of hydrogen-bond acceptors (Lipinski definition) is 4. The van der Waals surface area contributed by atoms with Gasteiger partial charge in [0.25, 0.3) is 0 Å². The summed E-state index contributed by atoms with van der Waals surface area (Å²) in [5, 5.41) is 6.85. The van der Waals surface area contributed by atoms with Gasteiger partial charge in [-0.15, -0.1) is 24.0 Å². The predicted octanol–water partition coefficient (Wildman–Crippen LogP) is 3.18. The van der Waals surface area contributed by atoms with E-state index in [-0.39, 0.29) is 35.2 Å². The van der Waals surface area contributed by atoms with Crippen LogP contribution >= 0.6 is 24.0 Å². The maximum Gasteiger partial charge on any atom is 0.191 e. The lowest BCUT2D eigenvalue weighted by Crippen LogP contribution is -2.45. The number of nitrogens with zero attached hydrogens (tertiary/aromatic N) is 2. The standard InChI is InChI=1S/C23H31FN4O2.HI/c24-21-6-2-1-5-20(21)23(8-9-23)18-27-22(25-10-7-19-4-3-15-30-19)26-11-12-28-13-16-29-17-14-28;/h1-6,15H,7-14,16-18H2,(H2,25,26,27);1H. The van der Waals surface area contributed by atoms with Crippen molar-refractivity contribution in [3.05, 3.63) is 59.8 Å². The molecule has 2 heterocycles. The topological polar surface area (TPSA) is 62.0 Å². The van der Waals surface area contributed by atoms with Crippen LogP contribution in [0, 0.1) is 5.82 Å². The summed E-state index contributed by atoms with van der Waals surface area (Å²) in [6.45, 7) is 6.60. The van der Waals surface area contributed by atoms with Crippen LogP contribution in [-0.4, -0.2) is 63.3 Å². The van der Waals surface area contributed by atoms with E-state index in [0.29, 0.717) is 6.54 Å². The van der Waals surface area contributed by atoms with Crippen molar-refractivity contribution in [2.45, 2.75) is 24.7 Å². The Hall–Kier alpha value is -1.65. The summed E-state index contributed by atoms with van der Waals surface area (Å²) in [5.74, 6) is 1.59. The second-order valence-electron chi connectivity index (χ2n) is 8.06. The number of nitrogens with one attached hydrogen (secondary N) is 2. The minimum atomic E-state index is -0.162. The molecule has 0 amide bonds. The molecule has 0 atom stereocenters. The molecule has 1 aromatic carbocycles. The molecule has 0 spiro atoms. The number of morpholine rings is 1. The van der Waals surface area contributed by atoms with Crippen LogP contribution in [0.4, 0.5) is 4.39 Å². The Morgan fingerprint density at radius 1 is 1.06 bits per heavy atom. The molecule has 0 radical (unpaired) electrons. The Labute approximate surface area is 200 Å². The summed E-state index contributed by atoms with van der Waals surface area (Å²) in [5.41, 5.74) is 0.627. The molecule has 0 bridgehead atoms. The van der Waals surface area contributed by atoms with Crippen molar-refractivity contribution < 1.29 is 13.5 Å². The van der Waals surface area contributed by atoms with Gasteiger partial charge < -0.3 is 19.8 Å². The number of benzene rings is 1. The molecule has 0 unspecified atom stereocenters. The van der Waals surface area contributed by atoms with E-state index in [1.807, 2.05) is 24.3 Å². The van der Waals surface area contributed by atoms with E-state index in [2.05, 4.69) is 15.5 Å². The monoisotopic (exact) mass is 542 g/mol. The van der Waals surface area contributed by atoms with Crippen molar-refractivity contribution >= 4 is 29.9 Å². The fraction of sp³-hybridized carbons (Fsp3) is 0.522. The third kappa shape index (κ3) is 6.92. The summed E-state index contributed by atoms with van der Waals surface area (Å²) in [7, 11) is 0. The summed E-state index contributed by atoms with van der Waals surface area (Å²) in [4.78, 5) is 7.22. The van der Waals surface area contributed by atoms with Crippen LogP contribution < -0.4 is 10.6 Å². The van der Waals surface area contributed by atoms with Gasteiger partial charge in [-0.05, 0) is 36.6 Å². The molecule has 170 valence electrons. The Balaban J connectivity index is 0.00000272. The first kappa shape index (κ1) is 24.0. The van der Waals surface area contributed by atoms with E-state index in [0.717, 1.165) is 82.5 Å². The second kappa shape index (κ2) is 11.8. The smallest absolute Gasteiger partial charge is 0.191 e. The molecular weight excluding hydrogens is 510 g/mol. The van der Waals surface area contributed by atoms with Gasteiger partial charge in [0, 0.05) is 44.6 Å². The van der Waals surface area contributed by atoms with Gasteiger partial charge in [0.1, 0.15) is 11.6 Å². The van der Waals surface area contributed by atoms with E-state index < -0.39 is 0 Å². The lowest BCUT2D eigenvalue weighted by atomic mass is 9.95. The Morgan fingerprint density at radius 3 is 2.55 bits per heavy atom.